The van der Waals surface area contributed by atoms with Crippen molar-refractivity contribution in [2.24, 2.45) is 5.73 Å². The van der Waals surface area contributed by atoms with E-state index in [1.165, 1.54) is 17.4 Å². The molecule has 0 unspecified atom stereocenters. The van der Waals surface area contributed by atoms with E-state index in [9.17, 15) is 14.4 Å². The normalized spacial score (nSPS) is 13.2. The van der Waals surface area contributed by atoms with E-state index in [-0.39, 0.29) is 5.76 Å². The molecule has 0 spiro atoms. The molecule has 0 saturated carbocycles. The van der Waals surface area contributed by atoms with Crippen LogP contribution in [0.1, 0.15) is 49.9 Å². The Morgan fingerprint density at radius 2 is 2.12 bits per heavy atom. The van der Waals surface area contributed by atoms with E-state index in [1.54, 1.807) is 6.92 Å². The van der Waals surface area contributed by atoms with Gasteiger partial charge in [-0.1, -0.05) is 5.16 Å². The maximum Gasteiger partial charge on any atom is 0.377 e. The zero-order valence-corrected chi connectivity index (χ0v) is 14.4. The lowest BCUT2D eigenvalue weighted by Crippen LogP contribution is -2.22. The van der Waals surface area contributed by atoms with Crippen LogP contribution in [0.15, 0.2) is 10.6 Å². The number of nitrogens with zero attached hydrogens (tertiary/aromatic N) is 1. The Morgan fingerprint density at radius 3 is 2.80 bits per heavy atom. The lowest BCUT2D eigenvalue weighted by molar-refractivity contribution is -0.119. The van der Waals surface area contributed by atoms with E-state index in [1.807, 2.05) is 0 Å². The summed E-state index contributed by atoms with van der Waals surface area (Å²) >= 11 is 1.35. The molecule has 0 atom stereocenters. The van der Waals surface area contributed by atoms with Crippen LogP contribution in [0.25, 0.3) is 0 Å². The molecule has 1 aliphatic rings. The molecule has 25 heavy (non-hydrogen) atoms. The minimum atomic E-state index is -0.781. The Balaban J connectivity index is 1.66. The summed E-state index contributed by atoms with van der Waals surface area (Å²) in [5.41, 5.74) is 7.30. The Morgan fingerprint density at radius 1 is 1.36 bits per heavy atom. The number of hydrogen-bond donors (Lipinski definition) is 2. The number of rotatable bonds is 5. The van der Waals surface area contributed by atoms with E-state index in [4.69, 9.17) is 15.0 Å². The molecule has 2 aromatic heterocycles. The number of aryl methyl sites for hydroxylation is 2. The van der Waals surface area contributed by atoms with Gasteiger partial charge in [-0.3, -0.25) is 9.59 Å². The monoisotopic (exact) mass is 363 g/mol. The number of primary amides is 1. The van der Waals surface area contributed by atoms with Gasteiger partial charge in [0.25, 0.3) is 11.8 Å². The van der Waals surface area contributed by atoms with Crippen molar-refractivity contribution >= 4 is 34.1 Å². The summed E-state index contributed by atoms with van der Waals surface area (Å²) < 4.78 is 9.65. The van der Waals surface area contributed by atoms with Gasteiger partial charge in [0.15, 0.2) is 6.61 Å². The van der Waals surface area contributed by atoms with E-state index < -0.39 is 24.4 Å². The fourth-order valence-electron chi connectivity index (χ4n) is 2.74. The minimum absolute atomic E-state index is 0.0743. The first kappa shape index (κ1) is 17.2. The van der Waals surface area contributed by atoms with Crippen LogP contribution in [0, 0.1) is 6.92 Å². The highest BCUT2D eigenvalue weighted by Crippen LogP contribution is 2.37. The van der Waals surface area contributed by atoms with Crippen molar-refractivity contribution in [1.82, 2.24) is 5.16 Å². The van der Waals surface area contributed by atoms with Crippen LogP contribution in [-0.4, -0.2) is 29.5 Å². The highest BCUT2D eigenvalue weighted by molar-refractivity contribution is 7.17. The molecule has 132 valence electrons. The summed E-state index contributed by atoms with van der Waals surface area (Å²) in [5.74, 6) is -1.97. The summed E-state index contributed by atoms with van der Waals surface area (Å²) in [6.45, 7) is 1.16. The largest absolute Gasteiger partial charge is 0.450 e. The van der Waals surface area contributed by atoms with Crippen molar-refractivity contribution in [1.29, 1.82) is 0 Å². The summed E-state index contributed by atoms with van der Waals surface area (Å²) in [6, 6.07) is 1.42. The molecule has 8 nitrogen and oxygen atoms in total. The number of hydrogen-bond acceptors (Lipinski definition) is 7. The first-order valence-electron chi connectivity index (χ1n) is 7.80. The SMILES string of the molecule is Cc1cc(C(=O)OCC(=O)Nc2sc3c(c2C(N)=O)CCCC3)on1. The Hall–Kier alpha value is -2.68. The van der Waals surface area contributed by atoms with Gasteiger partial charge in [0.05, 0.1) is 11.3 Å². The van der Waals surface area contributed by atoms with Gasteiger partial charge in [0, 0.05) is 10.9 Å². The van der Waals surface area contributed by atoms with Crippen LogP contribution in [0.3, 0.4) is 0 Å². The van der Waals surface area contributed by atoms with E-state index in [2.05, 4.69) is 10.5 Å². The van der Waals surface area contributed by atoms with Crippen molar-refractivity contribution in [2.75, 3.05) is 11.9 Å². The van der Waals surface area contributed by atoms with Crippen molar-refractivity contribution in [3.05, 3.63) is 33.5 Å². The fourth-order valence-corrected chi connectivity index (χ4v) is 4.05. The second kappa shape index (κ2) is 7.06. The molecule has 0 fully saturated rings. The van der Waals surface area contributed by atoms with Crippen LogP contribution in [0.5, 0.6) is 0 Å². The van der Waals surface area contributed by atoms with Crippen LogP contribution in [-0.2, 0) is 22.4 Å². The van der Waals surface area contributed by atoms with Gasteiger partial charge in [-0.25, -0.2) is 4.79 Å². The van der Waals surface area contributed by atoms with Gasteiger partial charge in [-0.2, -0.15) is 0 Å². The van der Waals surface area contributed by atoms with Gasteiger partial charge in [0.2, 0.25) is 5.76 Å². The number of thiophene rings is 1. The lowest BCUT2D eigenvalue weighted by atomic mass is 9.95. The molecular weight excluding hydrogens is 346 g/mol. The number of nitrogens with two attached hydrogens (primary N) is 1. The van der Waals surface area contributed by atoms with Crippen LogP contribution < -0.4 is 11.1 Å². The van der Waals surface area contributed by atoms with Crippen molar-refractivity contribution in [3.8, 4) is 0 Å². The van der Waals surface area contributed by atoms with Crippen molar-refractivity contribution in [2.45, 2.75) is 32.6 Å². The van der Waals surface area contributed by atoms with E-state index in [0.29, 0.717) is 16.3 Å². The number of ether oxygens (including phenoxy) is 1. The average molecular weight is 363 g/mol. The summed E-state index contributed by atoms with van der Waals surface area (Å²) in [4.78, 5) is 36.6. The maximum absolute atomic E-state index is 12.1. The summed E-state index contributed by atoms with van der Waals surface area (Å²) in [5, 5.41) is 6.60. The number of amides is 2. The van der Waals surface area contributed by atoms with Gasteiger partial charge in [0.1, 0.15) is 5.00 Å². The number of carbonyl (C=O) groups excluding carboxylic acids is 3. The quantitative estimate of drug-likeness (QED) is 0.781. The summed E-state index contributed by atoms with van der Waals surface area (Å²) in [6.07, 6.45) is 3.69. The number of esters is 1. The molecule has 0 saturated heterocycles. The van der Waals surface area contributed by atoms with Crippen molar-refractivity contribution in [3.63, 3.8) is 0 Å². The highest BCUT2D eigenvalue weighted by atomic mass is 32.1. The molecule has 2 aromatic rings. The van der Waals surface area contributed by atoms with Gasteiger partial charge < -0.3 is 20.3 Å². The second-order valence-corrected chi connectivity index (χ2v) is 6.84. The fraction of sp³-hybridized carbons (Fsp3) is 0.375. The molecule has 0 aliphatic heterocycles. The molecule has 9 heteroatoms. The van der Waals surface area contributed by atoms with Crippen LogP contribution in [0.4, 0.5) is 5.00 Å². The molecular formula is C16H17N3O5S. The van der Waals surface area contributed by atoms with Crippen LogP contribution >= 0.6 is 11.3 Å². The van der Waals surface area contributed by atoms with E-state index in [0.717, 1.165) is 36.1 Å². The third-order valence-corrected chi connectivity index (χ3v) is 5.04. The van der Waals surface area contributed by atoms with Crippen LogP contribution in [0.2, 0.25) is 0 Å². The van der Waals surface area contributed by atoms with Gasteiger partial charge in [-0.15, -0.1) is 11.3 Å². The molecule has 0 bridgehead atoms. The smallest absolute Gasteiger partial charge is 0.377 e. The highest BCUT2D eigenvalue weighted by Gasteiger charge is 2.25. The molecule has 0 aromatic carbocycles. The first-order valence-corrected chi connectivity index (χ1v) is 8.62. The minimum Gasteiger partial charge on any atom is -0.450 e. The third-order valence-electron chi connectivity index (χ3n) is 3.83. The Kier molecular flexibility index (Phi) is 4.84. The second-order valence-electron chi connectivity index (χ2n) is 5.74. The number of carbonyl (C=O) groups is 3. The predicted molar refractivity (Wildman–Crippen MR) is 89.6 cm³/mol. The topological polar surface area (TPSA) is 125 Å². The number of anilines is 1. The van der Waals surface area contributed by atoms with Gasteiger partial charge in [-0.05, 0) is 38.2 Å². The predicted octanol–water partition coefficient (Wildman–Crippen LogP) is 1.82. The Bertz CT molecular complexity index is 839. The maximum atomic E-state index is 12.1. The Labute approximate surface area is 147 Å². The molecule has 3 rings (SSSR count). The van der Waals surface area contributed by atoms with Gasteiger partial charge >= 0.3 is 5.97 Å². The average Bonchev–Trinajstić information content (AvgIpc) is 3.15. The molecule has 3 N–H and O–H groups in total. The molecule has 2 amide bonds. The summed E-state index contributed by atoms with van der Waals surface area (Å²) in [7, 11) is 0. The number of aromatic nitrogens is 1. The molecule has 2 heterocycles. The lowest BCUT2D eigenvalue weighted by Gasteiger charge is -2.11. The zero-order valence-electron chi connectivity index (χ0n) is 13.6. The van der Waals surface area contributed by atoms with E-state index >= 15 is 0 Å². The first-order chi connectivity index (χ1) is 12.0. The number of fused-ring (bicyclic) bond motifs is 1. The third kappa shape index (κ3) is 3.71. The molecule has 0 radical (unpaired) electrons. The zero-order chi connectivity index (χ0) is 18.0. The standard InChI is InChI=1S/C16H17N3O5S/c1-8-6-10(24-19-8)16(22)23-7-12(20)18-15-13(14(17)21)9-4-2-3-5-11(9)25-15/h6H,2-5,7H2,1H3,(H2,17,21)(H,18,20). The van der Waals surface area contributed by atoms with Crippen molar-refractivity contribution < 1.29 is 23.6 Å². The molecule has 1 aliphatic carbocycles. The number of nitrogens with one attached hydrogen (secondary N) is 1.